The van der Waals surface area contributed by atoms with Crippen molar-refractivity contribution in [3.05, 3.63) is 29.8 Å². The van der Waals surface area contributed by atoms with Gasteiger partial charge in [-0.05, 0) is 37.6 Å². The molecule has 1 atom stereocenters. The van der Waals surface area contributed by atoms with Crippen molar-refractivity contribution in [3.8, 4) is 0 Å². The first-order valence-corrected chi connectivity index (χ1v) is 8.49. The molecule has 0 aliphatic rings. The molecule has 0 saturated carbocycles. The van der Waals surface area contributed by atoms with Crippen LogP contribution in [0.25, 0.3) is 0 Å². The van der Waals surface area contributed by atoms with E-state index in [1.54, 1.807) is 18.2 Å². The Morgan fingerprint density at radius 1 is 1.32 bits per heavy atom. The average Bonchev–Trinajstić information content (AvgIpc) is 2.38. The molecule has 0 heterocycles. The van der Waals surface area contributed by atoms with Crippen LogP contribution in [-0.2, 0) is 14.6 Å². The van der Waals surface area contributed by atoms with Crippen molar-refractivity contribution >= 4 is 9.84 Å². The summed E-state index contributed by atoms with van der Waals surface area (Å²) in [4.78, 5) is 0.352. The standard InChI is InChI=1S/C14H23NO3S/c1-4-9-15-14(11-18-5-2)12-7-6-8-13(10-12)19(3,16)17/h6-8,10,14-15H,4-5,9,11H2,1-3H3. The van der Waals surface area contributed by atoms with Crippen molar-refractivity contribution in [1.82, 2.24) is 5.32 Å². The van der Waals surface area contributed by atoms with E-state index < -0.39 is 9.84 Å². The molecular formula is C14H23NO3S. The lowest BCUT2D eigenvalue weighted by Gasteiger charge is -2.19. The molecule has 0 spiro atoms. The summed E-state index contributed by atoms with van der Waals surface area (Å²) < 4.78 is 28.6. The number of sulfone groups is 1. The Morgan fingerprint density at radius 2 is 2.05 bits per heavy atom. The molecule has 0 radical (unpaired) electrons. The molecule has 0 fully saturated rings. The van der Waals surface area contributed by atoms with Gasteiger partial charge in [0.05, 0.1) is 17.5 Å². The zero-order valence-electron chi connectivity index (χ0n) is 11.8. The summed E-state index contributed by atoms with van der Waals surface area (Å²) >= 11 is 0. The van der Waals surface area contributed by atoms with Gasteiger partial charge in [0.25, 0.3) is 0 Å². The van der Waals surface area contributed by atoms with Crippen molar-refractivity contribution in [2.24, 2.45) is 0 Å². The largest absolute Gasteiger partial charge is 0.380 e. The Hall–Kier alpha value is -0.910. The molecular weight excluding hydrogens is 262 g/mol. The number of nitrogens with one attached hydrogen (secondary N) is 1. The molecule has 1 rings (SSSR count). The minimum absolute atomic E-state index is 0.0293. The zero-order valence-corrected chi connectivity index (χ0v) is 12.7. The average molecular weight is 285 g/mol. The second kappa shape index (κ2) is 7.62. The fraction of sp³-hybridized carbons (Fsp3) is 0.571. The number of benzene rings is 1. The van der Waals surface area contributed by atoms with E-state index in [1.165, 1.54) is 6.26 Å². The van der Waals surface area contributed by atoms with Gasteiger partial charge in [0.1, 0.15) is 0 Å². The third-order valence-electron chi connectivity index (χ3n) is 2.82. The Labute approximate surface area is 116 Å². The Bertz CT molecular complexity index is 477. The summed E-state index contributed by atoms with van der Waals surface area (Å²) in [6.07, 6.45) is 2.25. The maximum Gasteiger partial charge on any atom is 0.175 e. The molecule has 1 aromatic rings. The van der Waals surface area contributed by atoms with E-state index in [9.17, 15) is 8.42 Å². The minimum atomic E-state index is -3.17. The molecule has 1 aromatic carbocycles. The third kappa shape index (κ3) is 5.30. The van der Waals surface area contributed by atoms with E-state index in [4.69, 9.17) is 4.74 Å². The van der Waals surface area contributed by atoms with Gasteiger partial charge in [0, 0.05) is 12.9 Å². The van der Waals surface area contributed by atoms with Crippen molar-refractivity contribution in [2.45, 2.75) is 31.2 Å². The summed E-state index contributed by atoms with van der Waals surface area (Å²) in [5, 5.41) is 3.38. The highest BCUT2D eigenvalue weighted by atomic mass is 32.2. The molecule has 0 aliphatic heterocycles. The summed E-state index contributed by atoms with van der Waals surface area (Å²) in [6.45, 7) is 6.11. The molecule has 0 amide bonds. The van der Waals surface area contributed by atoms with E-state index in [1.807, 2.05) is 13.0 Å². The fourth-order valence-electron chi connectivity index (χ4n) is 1.79. The number of hydrogen-bond acceptors (Lipinski definition) is 4. The number of ether oxygens (including phenoxy) is 1. The highest BCUT2D eigenvalue weighted by Gasteiger charge is 2.14. The topological polar surface area (TPSA) is 55.4 Å². The van der Waals surface area contributed by atoms with Crippen LogP contribution in [0.2, 0.25) is 0 Å². The third-order valence-corrected chi connectivity index (χ3v) is 3.93. The van der Waals surface area contributed by atoms with Crippen LogP contribution in [0.15, 0.2) is 29.2 Å². The molecule has 4 nitrogen and oxygen atoms in total. The van der Waals surface area contributed by atoms with Crippen LogP contribution in [0, 0.1) is 0 Å². The normalized spacial score (nSPS) is 13.4. The van der Waals surface area contributed by atoms with Gasteiger partial charge in [0.2, 0.25) is 0 Å². The summed E-state index contributed by atoms with van der Waals surface area (Å²) in [6, 6.07) is 7.08. The van der Waals surface area contributed by atoms with Gasteiger partial charge in [-0.15, -0.1) is 0 Å². The van der Waals surface area contributed by atoms with Gasteiger partial charge >= 0.3 is 0 Å². The van der Waals surface area contributed by atoms with E-state index in [2.05, 4.69) is 12.2 Å². The SMILES string of the molecule is CCCNC(COCC)c1cccc(S(C)(=O)=O)c1. The maximum absolute atomic E-state index is 11.6. The van der Waals surface area contributed by atoms with Gasteiger partial charge in [0.15, 0.2) is 9.84 Å². The Kier molecular flexibility index (Phi) is 6.48. The highest BCUT2D eigenvalue weighted by molar-refractivity contribution is 7.90. The van der Waals surface area contributed by atoms with Gasteiger partial charge in [-0.3, -0.25) is 0 Å². The van der Waals surface area contributed by atoms with Crippen molar-refractivity contribution in [2.75, 3.05) is 26.0 Å². The molecule has 0 aromatic heterocycles. The second-order valence-corrected chi connectivity index (χ2v) is 6.53. The van der Waals surface area contributed by atoms with Crippen molar-refractivity contribution < 1.29 is 13.2 Å². The van der Waals surface area contributed by atoms with Crippen LogP contribution in [-0.4, -0.2) is 34.4 Å². The van der Waals surface area contributed by atoms with Gasteiger partial charge in [-0.2, -0.15) is 0 Å². The molecule has 1 unspecified atom stereocenters. The van der Waals surface area contributed by atoms with Crippen LogP contribution in [0.5, 0.6) is 0 Å². The van der Waals surface area contributed by atoms with Gasteiger partial charge < -0.3 is 10.1 Å². The van der Waals surface area contributed by atoms with Gasteiger partial charge in [-0.25, -0.2) is 8.42 Å². The molecule has 0 saturated heterocycles. The van der Waals surface area contributed by atoms with E-state index >= 15 is 0 Å². The molecule has 0 bridgehead atoms. The molecule has 5 heteroatoms. The zero-order chi connectivity index (χ0) is 14.3. The predicted molar refractivity (Wildman–Crippen MR) is 77.1 cm³/mol. The predicted octanol–water partition coefficient (Wildman–Crippen LogP) is 2.17. The molecule has 0 aliphatic carbocycles. The van der Waals surface area contributed by atoms with Gasteiger partial charge in [-0.1, -0.05) is 19.1 Å². The second-order valence-electron chi connectivity index (χ2n) is 4.51. The lowest BCUT2D eigenvalue weighted by molar-refractivity contribution is 0.123. The van der Waals surface area contributed by atoms with Crippen LogP contribution < -0.4 is 5.32 Å². The van der Waals surface area contributed by atoms with Crippen LogP contribution >= 0.6 is 0 Å². The minimum Gasteiger partial charge on any atom is -0.380 e. The fourth-order valence-corrected chi connectivity index (χ4v) is 2.47. The maximum atomic E-state index is 11.6. The first-order valence-electron chi connectivity index (χ1n) is 6.60. The van der Waals surface area contributed by atoms with Crippen molar-refractivity contribution in [1.29, 1.82) is 0 Å². The van der Waals surface area contributed by atoms with E-state index in [0.717, 1.165) is 18.5 Å². The number of hydrogen-bond donors (Lipinski definition) is 1. The molecule has 108 valence electrons. The first kappa shape index (κ1) is 16.1. The van der Waals surface area contributed by atoms with Crippen molar-refractivity contribution in [3.63, 3.8) is 0 Å². The smallest absolute Gasteiger partial charge is 0.175 e. The summed E-state index contributed by atoms with van der Waals surface area (Å²) in [7, 11) is -3.17. The summed E-state index contributed by atoms with van der Waals surface area (Å²) in [5.41, 5.74) is 0.949. The first-order chi connectivity index (χ1) is 8.99. The number of rotatable bonds is 8. The summed E-state index contributed by atoms with van der Waals surface area (Å²) in [5.74, 6) is 0. The lowest BCUT2D eigenvalue weighted by atomic mass is 10.1. The van der Waals surface area contributed by atoms with E-state index in [-0.39, 0.29) is 6.04 Å². The van der Waals surface area contributed by atoms with Crippen LogP contribution in [0.1, 0.15) is 31.9 Å². The molecule has 19 heavy (non-hydrogen) atoms. The Morgan fingerprint density at radius 3 is 2.63 bits per heavy atom. The lowest BCUT2D eigenvalue weighted by Crippen LogP contribution is -2.26. The van der Waals surface area contributed by atoms with Crippen LogP contribution in [0.3, 0.4) is 0 Å². The highest BCUT2D eigenvalue weighted by Crippen LogP contribution is 2.18. The van der Waals surface area contributed by atoms with Crippen LogP contribution in [0.4, 0.5) is 0 Å². The quantitative estimate of drug-likeness (QED) is 0.795. The monoisotopic (exact) mass is 285 g/mol. The molecule has 1 N–H and O–H groups in total. The Balaban J connectivity index is 2.94. The van der Waals surface area contributed by atoms with E-state index in [0.29, 0.717) is 18.1 Å².